The van der Waals surface area contributed by atoms with Crippen LogP contribution in [-0.4, -0.2) is 19.1 Å². The predicted octanol–water partition coefficient (Wildman–Crippen LogP) is 4.09. The number of fused-ring (bicyclic) bond motifs is 1. The van der Waals surface area contributed by atoms with E-state index in [-0.39, 0.29) is 5.91 Å². The van der Waals surface area contributed by atoms with Gasteiger partial charge in [-0.25, -0.2) is 0 Å². The second-order valence-corrected chi connectivity index (χ2v) is 6.00. The summed E-state index contributed by atoms with van der Waals surface area (Å²) in [5.41, 5.74) is 1.56. The quantitative estimate of drug-likeness (QED) is 0.832. The fourth-order valence-electron chi connectivity index (χ4n) is 2.32. The summed E-state index contributed by atoms with van der Waals surface area (Å²) in [4.78, 5) is 12.0. The highest BCUT2D eigenvalue weighted by Crippen LogP contribution is 2.33. The van der Waals surface area contributed by atoms with Gasteiger partial charge in [0.2, 0.25) is 5.91 Å². The maximum absolute atomic E-state index is 12.0. The maximum Gasteiger partial charge on any atom is 0.244 e. The van der Waals surface area contributed by atoms with E-state index < -0.39 is 0 Å². The first kappa shape index (κ1) is 16.7. The first-order chi connectivity index (χ1) is 11.6. The summed E-state index contributed by atoms with van der Waals surface area (Å²) < 4.78 is 11.1. The number of rotatable bonds is 4. The summed E-state index contributed by atoms with van der Waals surface area (Å²) in [6, 6.07) is 10.7. The molecule has 1 aliphatic heterocycles. The molecule has 24 heavy (non-hydrogen) atoms. The molecule has 2 aromatic rings. The van der Waals surface area contributed by atoms with Crippen molar-refractivity contribution in [1.82, 2.24) is 5.32 Å². The van der Waals surface area contributed by atoms with Gasteiger partial charge < -0.3 is 14.8 Å². The van der Waals surface area contributed by atoms with Gasteiger partial charge in [0.15, 0.2) is 11.5 Å². The van der Waals surface area contributed by atoms with E-state index >= 15 is 0 Å². The van der Waals surface area contributed by atoms with Gasteiger partial charge in [0, 0.05) is 28.2 Å². The fourth-order valence-corrected chi connectivity index (χ4v) is 2.68. The molecular formula is C18H15Cl2NO3. The van der Waals surface area contributed by atoms with Gasteiger partial charge in [0.1, 0.15) is 13.2 Å². The molecule has 0 saturated heterocycles. The number of nitrogens with one attached hydrogen (secondary N) is 1. The average molecular weight is 364 g/mol. The summed E-state index contributed by atoms with van der Waals surface area (Å²) in [7, 11) is 0. The highest BCUT2D eigenvalue weighted by Gasteiger charge is 2.15. The van der Waals surface area contributed by atoms with Crippen molar-refractivity contribution >= 4 is 35.2 Å². The van der Waals surface area contributed by atoms with Crippen LogP contribution < -0.4 is 14.8 Å². The molecular weight excluding hydrogens is 349 g/mol. The van der Waals surface area contributed by atoms with Crippen LogP contribution in [0.1, 0.15) is 11.1 Å². The van der Waals surface area contributed by atoms with Crippen molar-refractivity contribution in [3.63, 3.8) is 0 Å². The number of carbonyl (C=O) groups excluding carboxylic acids is 1. The molecule has 0 fully saturated rings. The Hall–Kier alpha value is -2.17. The summed E-state index contributed by atoms with van der Waals surface area (Å²) in [5.74, 6) is 1.15. The number of carbonyl (C=O) groups is 1. The molecule has 6 heteroatoms. The third kappa shape index (κ3) is 4.02. The highest BCUT2D eigenvalue weighted by molar-refractivity contribution is 6.34. The normalized spacial score (nSPS) is 13.1. The molecule has 0 atom stereocenters. The smallest absolute Gasteiger partial charge is 0.244 e. The minimum atomic E-state index is -0.236. The summed E-state index contributed by atoms with van der Waals surface area (Å²) in [5, 5.41) is 3.91. The zero-order valence-corrected chi connectivity index (χ0v) is 14.2. The molecule has 1 N–H and O–H groups in total. The number of benzene rings is 2. The predicted molar refractivity (Wildman–Crippen MR) is 94.8 cm³/mol. The van der Waals surface area contributed by atoms with E-state index in [0.29, 0.717) is 46.9 Å². The van der Waals surface area contributed by atoms with Crippen molar-refractivity contribution in [2.75, 3.05) is 13.2 Å². The monoisotopic (exact) mass is 363 g/mol. The molecule has 3 rings (SSSR count). The Labute approximate surface area is 150 Å². The van der Waals surface area contributed by atoms with Gasteiger partial charge in [-0.3, -0.25) is 4.79 Å². The lowest BCUT2D eigenvalue weighted by Gasteiger charge is -2.20. The molecule has 0 bridgehead atoms. The van der Waals surface area contributed by atoms with E-state index in [1.165, 1.54) is 6.08 Å². The van der Waals surface area contributed by atoms with E-state index in [1.54, 1.807) is 24.3 Å². The maximum atomic E-state index is 12.0. The Morgan fingerprint density at radius 1 is 1.17 bits per heavy atom. The average Bonchev–Trinajstić information content (AvgIpc) is 2.60. The number of para-hydroxylation sites is 1. The Morgan fingerprint density at radius 3 is 2.88 bits per heavy atom. The topological polar surface area (TPSA) is 47.6 Å². The third-order valence-corrected chi connectivity index (χ3v) is 4.05. The van der Waals surface area contributed by atoms with E-state index in [4.69, 9.17) is 32.7 Å². The van der Waals surface area contributed by atoms with Gasteiger partial charge in [-0.15, -0.1) is 0 Å². The first-order valence-electron chi connectivity index (χ1n) is 7.42. The van der Waals surface area contributed by atoms with E-state index in [9.17, 15) is 4.79 Å². The van der Waals surface area contributed by atoms with Crippen LogP contribution in [0.4, 0.5) is 0 Å². The number of hydrogen-bond donors (Lipinski definition) is 1. The molecule has 0 aliphatic carbocycles. The van der Waals surface area contributed by atoms with Gasteiger partial charge in [0.05, 0.1) is 0 Å². The molecule has 1 heterocycles. The standard InChI is InChI=1S/C18H15Cl2NO3/c19-14-5-6-15(20)12(10-14)4-7-17(22)21-11-13-2-1-3-16-18(13)24-9-8-23-16/h1-7,10H,8-9,11H2,(H,21,22)/b7-4+. The molecule has 0 radical (unpaired) electrons. The van der Waals surface area contributed by atoms with Crippen LogP contribution in [0.2, 0.25) is 10.0 Å². The van der Waals surface area contributed by atoms with Crippen LogP contribution in [0.5, 0.6) is 11.5 Å². The van der Waals surface area contributed by atoms with Crippen LogP contribution in [0, 0.1) is 0 Å². The summed E-state index contributed by atoms with van der Waals surface area (Å²) in [6.07, 6.45) is 3.05. The van der Waals surface area contributed by atoms with E-state index in [2.05, 4.69) is 5.32 Å². The van der Waals surface area contributed by atoms with Crippen LogP contribution in [0.15, 0.2) is 42.5 Å². The van der Waals surface area contributed by atoms with E-state index in [0.717, 1.165) is 5.56 Å². The van der Waals surface area contributed by atoms with Crippen molar-refractivity contribution in [2.24, 2.45) is 0 Å². The molecule has 124 valence electrons. The Balaban J connectivity index is 1.64. The zero-order valence-electron chi connectivity index (χ0n) is 12.7. The van der Waals surface area contributed by atoms with Crippen LogP contribution in [0.25, 0.3) is 6.08 Å². The van der Waals surface area contributed by atoms with Crippen molar-refractivity contribution in [1.29, 1.82) is 0 Å². The van der Waals surface area contributed by atoms with Crippen LogP contribution in [0.3, 0.4) is 0 Å². The molecule has 0 saturated carbocycles. The summed E-state index contributed by atoms with van der Waals surface area (Å²) >= 11 is 12.0. The van der Waals surface area contributed by atoms with Gasteiger partial charge in [0.25, 0.3) is 0 Å². The van der Waals surface area contributed by atoms with Crippen molar-refractivity contribution in [3.8, 4) is 11.5 Å². The lowest BCUT2D eigenvalue weighted by molar-refractivity contribution is -0.116. The molecule has 2 aromatic carbocycles. The van der Waals surface area contributed by atoms with Gasteiger partial charge in [-0.05, 0) is 35.9 Å². The van der Waals surface area contributed by atoms with Crippen molar-refractivity contribution in [3.05, 3.63) is 63.6 Å². The lowest BCUT2D eigenvalue weighted by atomic mass is 10.1. The number of ether oxygens (including phenoxy) is 2. The van der Waals surface area contributed by atoms with Crippen LogP contribution >= 0.6 is 23.2 Å². The number of halogens is 2. The lowest BCUT2D eigenvalue weighted by Crippen LogP contribution is -2.22. The second kappa shape index (κ2) is 7.60. The first-order valence-corrected chi connectivity index (χ1v) is 8.17. The molecule has 4 nitrogen and oxygen atoms in total. The minimum Gasteiger partial charge on any atom is -0.486 e. The van der Waals surface area contributed by atoms with Crippen molar-refractivity contribution < 1.29 is 14.3 Å². The summed E-state index contributed by atoms with van der Waals surface area (Å²) in [6.45, 7) is 1.38. The Kier molecular flexibility index (Phi) is 5.28. The Bertz CT molecular complexity index is 790. The highest BCUT2D eigenvalue weighted by atomic mass is 35.5. The van der Waals surface area contributed by atoms with Gasteiger partial charge >= 0.3 is 0 Å². The number of amides is 1. The van der Waals surface area contributed by atoms with Gasteiger partial charge in [-0.1, -0.05) is 35.3 Å². The molecule has 1 aliphatic rings. The molecule has 0 unspecified atom stereocenters. The van der Waals surface area contributed by atoms with Crippen molar-refractivity contribution in [2.45, 2.75) is 6.54 Å². The fraction of sp³-hybridized carbons (Fsp3) is 0.167. The van der Waals surface area contributed by atoms with Crippen LogP contribution in [-0.2, 0) is 11.3 Å². The largest absolute Gasteiger partial charge is 0.486 e. The molecule has 0 aromatic heterocycles. The van der Waals surface area contributed by atoms with Gasteiger partial charge in [-0.2, -0.15) is 0 Å². The third-order valence-electron chi connectivity index (χ3n) is 3.47. The Morgan fingerprint density at radius 2 is 2.00 bits per heavy atom. The number of hydrogen-bond acceptors (Lipinski definition) is 3. The zero-order chi connectivity index (χ0) is 16.9. The molecule has 0 spiro atoms. The van der Waals surface area contributed by atoms with E-state index in [1.807, 2.05) is 18.2 Å². The molecule has 1 amide bonds. The SMILES string of the molecule is O=C(/C=C/c1cc(Cl)ccc1Cl)NCc1cccc2c1OCCO2. The second-order valence-electron chi connectivity index (χ2n) is 5.16. The minimum absolute atomic E-state index is 0.236.